The third-order valence-electron chi connectivity index (χ3n) is 1.76. The zero-order valence-electron chi connectivity index (χ0n) is 7.94. The fraction of sp³-hybridized carbons (Fsp3) is 0.444. The topological polar surface area (TPSA) is 52.8 Å². The molecule has 0 atom stereocenters. The third-order valence-corrected chi connectivity index (χ3v) is 2.32. The average Bonchev–Trinajstić information content (AvgIpc) is 2.21. The number of nitrogens with zero attached hydrogens (tertiary/aromatic N) is 4. The van der Waals surface area contributed by atoms with Crippen LogP contribution in [0, 0.1) is 14.9 Å². The number of hydrogen-bond donors (Lipinski definition) is 0. The van der Waals surface area contributed by atoms with Gasteiger partial charge in [-0.15, -0.1) is 0 Å². The van der Waals surface area contributed by atoms with E-state index in [0.29, 0.717) is 18.9 Å². The highest BCUT2D eigenvalue weighted by molar-refractivity contribution is 14.1. The average molecular weight is 302 g/mol. The molecule has 0 aliphatic heterocycles. The summed E-state index contributed by atoms with van der Waals surface area (Å²) >= 11 is 2.16. The van der Waals surface area contributed by atoms with Crippen LogP contribution in [0.4, 0.5) is 5.95 Å². The van der Waals surface area contributed by atoms with Crippen molar-refractivity contribution in [2.45, 2.75) is 13.3 Å². The Hall–Kier alpha value is -0.900. The monoisotopic (exact) mass is 302 g/mol. The van der Waals surface area contributed by atoms with Crippen molar-refractivity contribution in [2.24, 2.45) is 0 Å². The molecule has 74 valence electrons. The maximum absolute atomic E-state index is 8.48. The SMILES string of the molecule is CCN(CCC#N)c1ncc(I)cn1. The van der Waals surface area contributed by atoms with Gasteiger partial charge in [-0.2, -0.15) is 5.26 Å². The van der Waals surface area contributed by atoms with Crippen molar-refractivity contribution in [1.29, 1.82) is 5.26 Å². The predicted octanol–water partition coefficient (Wildman–Crippen LogP) is 1.82. The van der Waals surface area contributed by atoms with E-state index < -0.39 is 0 Å². The van der Waals surface area contributed by atoms with Gasteiger partial charge in [-0.05, 0) is 29.5 Å². The van der Waals surface area contributed by atoms with Gasteiger partial charge in [0.15, 0.2) is 0 Å². The lowest BCUT2D eigenvalue weighted by atomic mass is 10.4. The maximum Gasteiger partial charge on any atom is 0.225 e. The third kappa shape index (κ3) is 3.10. The second kappa shape index (κ2) is 5.75. The molecule has 1 heterocycles. The number of hydrogen-bond acceptors (Lipinski definition) is 4. The minimum absolute atomic E-state index is 0.503. The van der Waals surface area contributed by atoms with E-state index in [-0.39, 0.29) is 0 Å². The summed E-state index contributed by atoms with van der Waals surface area (Å²) < 4.78 is 1.02. The number of anilines is 1. The first kappa shape index (κ1) is 11.2. The van der Waals surface area contributed by atoms with Gasteiger partial charge in [0, 0.05) is 29.1 Å². The van der Waals surface area contributed by atoms with Crippen molar-refractivity contribution >= 4 is 28.5 Å². The Morgan fingerprint density at radius 1 is 1.50 bits per heavy atom. The molecule has 1 rings (SSSR count). The quantitative estimate of drug-likeness (QED) is 0.796. The summed E-state index contributed by atoms with van der Waals surface area (Å²) in [5, 5.41) is 8.48. The van der Waals surface area contributed by atoms with Crippen molar-refractivity contribution in [3.8, 4) is 6.07 Å². The number of nitriles is 1. The van der Waals surface area contributed by atoms with Crippen LogP contribution >= 0.6 is 22.6 Å². The largest absolute Gasteiger partial charge is 0.340 e. The molecular weight excluding hydrogens is 291 g/mol. The van der Waals surface area contributed by atoms with Crippen LogP contribution < -0.4 is 4.90 Å². The Labute approximate surface area is 97.1 Å². The van der Waals surface area contributed by atoms with E-state index in [1.165, 1.54) is 0 Å². The molecule has 0 unspecified atom stereocenters. The Kier molecular flexibility index (Phi) is 4.59. The lowest BCUT2D eigenvalue weighted by Crippen LogP contribution is -2.25. The van der Waals surface area contributed by atoms with Gasteiger partial charge in [0.2, 0.25) is 5.95 Å². The first-order valence-electron chi connectivity index (χ1n) is 4.37. The molecule has 0 saturated heterocycles. The van der Waals surface area contributed by atoms with Gasteiger partial charge in [-0.1, -0.05) is 0 Å². The van der Waals surface area contributed by atoms with Gasteiger partial charge in [0.1, 0.15) is 0 Å². The van der Waals surface area contributed by atoms with Crippen LogP contribution in [0.3, 0.4) is 0 Å². The lowest BCUT2D eigenvalue weighted by molar-refractivity contribution is 0.789. The number of halogens is 1. The second-order valence-electron chi connectivity index (χ2n) is 2.69. The van der Waals surface area contributed by atoms with Gasteiger partial charge in [-0.3, -0.25) is 0 Å². The fourth-order valence-corrected chi connectivity index (χ4v) is 1.33. The van der Waals surface area contributed by atoms with Gasteiger partial charge < -0.3 is 4.90 Å². The molecule has 0 aliphatic rings. The molecule has 0 N–H and O–H groups in total. The maximum atomic E-state index is 8.48. The van der Waals surface area contributed by atoms with Crippen molar-refractivity contribution in [2.75, 3.05) is 18.0 Å². The first-order valence-corrected chi connectivity index (χ1v) is 5.45. The zero-order chi connectivity index (χ0) is 10.4. The van der Waals surface area contributed by atoms with E-state index in [2.05, 4.69) is 38.6 Å². The van der Waals surface area contributed by atoms with Crippen molar-refractivity contribution in [1.82, 2.24) is 9.97 Å². The molecule has 0 amide bonds. The Balaban J connectivity index is 2.69. The molecule has 0 radical (unpaired) electrons. The fourth-order valence-electron chi connectivity index (χ4n) is 1.05. The van der Waals surface area contributed by atoms with Crippen molar-refractivity contribution < 1.29 is 0 Å². The highest BCUT2D eigenvalue weighted by Gasteiger charge is 2.05. The van der Waals surface area contributed by atoms with Crippen LogP contribution in [-0.2, 0) is 0 Å². The Morgan fingerprint density at radius 3 is 2.64 bits per heavy atom. The van der Waals surface area contributed by atoms with E-state index in [1.807, 2.05) is 11.8 Å². The molecule has 0 bridgehead atoms. The summed E-state index contributed by atoms with van der Waals surface area (Å²) in [7, 11) is 0. The van der Waals surface area contributed by atoms with Crippen LogP contribution in [0.1, 0.15) is 13.3 Å². The van der Waals surface area contributed by atoms with Crippen LogP contribution in [0.15, 0.2) is 12.4 Å². The first-order chi connectivity index (χ1) is 6.77. The summed E-state index contributed by atoms with van der Waals surface area (Å²) in [6.45, 7) is 3.54. The molecule has 5 heteroatoms. The molecule has 0 aromatic carbocycles. The molecule has 0 fully saturated rings. The summed E-state index contributed by atoms with van der Waals surface area (Å²) in [6, 6.07) is 2.11. The highest BCUT2D eigenvalue weighted by Crippen LogP contribution is 2.08. The van der Waals surface area contributed by atoms with Crippen LogP contribution in [-0.4, -0.2) is 23.1 Å². The van der Waals surface area contributed by atoms with Gasteiger partial charge in [0.25, 0.3) is 0 Å². The highest BCUT2D eigenvalue weighted by atomic mass is 127. The van der Waals surface area contributed by atoms with Gasteiger partial charge in [0.05, 0.1) is 12.5 Å². The predicted molar refractivity (Wildman–Crippen MR) is 62.9 cm³/mol. The van der Waals surface area contributed by atoms with E-state index >= 15 is 0 Å². The minimum Gasteiger partial charge on any atom is -0.340 e. The molecule has 1 aromatic heterocycles. The number of aromatic nitrogens is 2. The van der Waals surface area contributed by atoms with Crippen LogP contribution in [0.25, 0.3) is 0 Å². The summed E-state index contributed by atoms with van der Waals surface area (Å²) in [6.07, 6.45) is 4.05. The van der Waals surface area contributed by atoms with E-state index in [9.17, 15) is 0 Å². The van der Waals surface area contributed by atoms with Gasteiger partial charge >= 0.3 is 0 Å². The van der Waals surface area contributed by atoms with Gasteiger partial charge in [-0.25, -0.2) is 9.97 Å². The van der Waals surface area contributed by atoms with E-state index in [0.717, 1.165) is 10.1 Å². The van der Waals surface area contributed by atoms with Crippen LogP contribution in [0.5, 0.6) is 0 Å². The molecule has 4 nitrogen and oxygen atoms in total. The van der Waals surface area contributed by atoms with E-state index in [4.69, 9.17) is 5.26 Å². The Morgan fingerprint density at radius 2 is 2.14 bits per heavy atom. The summed E-state index contributed by atoms with van der Waals surface area (Å²) in [5.74, 6) is 0.697. The standard InChI is InChI=1S/C9H11IN4/c1-2-14(5-3-4-11)9-12-6-8(10)7-13-9/h6-7H,2-3,5H2,1H3. The second-order valence-corrected chi connectivity index (χ2v) is 3.93. The Bertz CT molecular complexity index is 317. The van der Waals surface area contributed by atoms with Crippen LogP contribution in [0.2, 0.25) is 0 Å². The molecule has 14 heavy (non-hydrogen) atoms. The molecule has 1 aromatic rings. The summed E-state index contributed by atoms with van der Waals surface area (Å²) in [5.41, 5.74) is 0. The normalized spacial score (nSPS) is 9.50. The number of rotatable bonds is 4. The smallest absolute Gasteiger partial charge is 0.225 e. The molecular formula is C9H11IN4. The molecule has 0 aliphatic carbocycles. The molecule has 0 saturated carbocycles. The molecule has 0 spiro atoms. The lowest BCUT2D eigenvalue weighted by Gasteiger charge is -2.18. The van der Waals surface area contributed by atoms with Crippen molar-refractivity contribution in [3.05, 3.63) is 16.0 Å². The minimum atomic E-state index is 0.503. The van der Waals surface area contributed by atoms with E-state index in [1.54, 1.807) is 12.4 Å². The summed E-state index contributed by atoms with van der Waals surface area (Å²) in [4.78, 5) is 10.4. The van der Waals surface area contributed by atoms with Crippen molar-refractivity contribution in [3.63, 3.8) is 0 Å². The zero-order valence-corrected chi connectivity index (χ0v) is 10.1.